The van der Waals surface area contributed by atoms with Crippen molar-refractivity contribution < 1.29 is 14.0 Å². The summed E-state index contributed by atoms with van der Waals surface area (Å²) < 4.78 is 5.68. The molecule has 2 heterocycles. The van der Waals surface area contributed by atoms with Crippen LogP contribution in [-0.4, -0.2) is 25.0 Å². The van der Waals surface area contributed by atoms with Crippen molar-refractivity contribution in [2.45, 2.75) is 33.1 Å². The van der Waals surface area contributed by atoms with Crippen LogP contribution in [0.2, 0.25) is 0 Å². The van der Waals surface area contributed by atoms with Gasteiger partial charge in [-0.2, -0.15) is 0 Å². The van der Waals surface area contributed by atoms with Crippen molar-refractivity contribution in [2.75, 3.05) is 23.3 Å². The van der Waals surface area contributed by atoms with Crippen LogP contribution >= 0.6 is 0 Å². The van der Waals surface area contributed by atoms with Crippen LogP contribution < -0.4 is 15.5 Å². The molecule has 1 saturated heterocycles. The fraction of sp³-hybridized carbons (Fsp3) is 0.304. The Labute approximate surface area is 169 Å². The number of furan rings is 1. The van der Waals surface area contributed by atoms with E-state index in [2.05, 4.69) is 37.5 Å². The van der Waals surface area contributed by atoms with Gasteiger partial charge in [-0.15, -0.1) is 0 Å². The SMILES string of the molecule is Cc1cc2occ(CC(=O)Nc3ccc(N4CCNC4=O)cc3)c2cc1C(C)C. The number of rotatable bonds is 5. The van der Waals surface area contributed by atoms with Crippen LogP contribution in [0.3, 0.4) is 0 Å². The van der Waals surface area contributed by atoms with Crippen molar-refractivity contribution in [1.82, 2.24) is 5.32 Å². The minimum atomic E-state index is -0.106. The highest BCUT2D eigenvalue weighted by atomic mass is 16.3. The first-order chi connectivity index (χ1) is 13.9. The number of urea groups is 1. The molecule has 0 aliphatic carbocycles. The van der Waals surface area contributed by atoms with Crippen molar-refractivity contribution in [3.63, 3.8) is 0 Å². The van der Waals surface area contributed by atoms with Crippen molar-refractivity contribution in [3.8, 4) is 0 Å². The normalized spacial score (nSPS) is 13.9. The van der Waals surface area contributed by atoms with Crippen LogP contribution in [0.1, 0.15) is 36.5 Å². The average Bonchev–Trinajstić information content (AvgIpc) is 3.27. The molecule has 150 valence electrons. The molecule has 0 unspecified atom stereocenters. The number of carbonyl (C=O) groups is 2. The Bertz CT molecular complexity index is 1070. The summed E-state index contributed by atoms with van der Waals surface area (Å²) in [5.41, 5.74) is 5.67. The van der Waals surface area contributed by atoms with Gasteiger partial charge in [0.15, 0.2) is 0 Å². The van der Waals surface area contributed by atoms with E-state index in [0.29, 0.717) is 24.7 Å². The molecule has 0 atom stereocenters. The summed E-state index contributed by atoms with van der Waals surface area (Å²) in [5, 5.41) is 6.69. The van der Waals surface area contributed by atoms with E-state index in [4.69, 9.17) is 4.42 Å². The topological polar surface area (TPSA) is 74.6 Å². The molecule has 6 heteroatoms. The lowest BCUT2D eigenvalue weighted by atomic mass is 9.95. The molecule has 29 heavy (non-hydrogen) atoms. The number of carbonyl (C=O) groups excluding carboxylic acids is 2. The highest BCUT2D eigenvalue weighted by Gasteiger charge is 2.21. The molecule has 3 amide bonds. The van der Waals surface area contributed by atoms with Gasteiger partial charge in [0.1, 0.15) is 5.58 Å². The fourth-order valence-electron chi connectivity index (χ4n) is 3.82. The third-order valence-electron chi connectivity index (χ3n) is 5.33. The van der Waals surface area contributed by atoms with Gasteiger partial charge in [0, 0.05) is 35.4 Å². The van der Waals surface area contributed by atoms with E-state index in [9.17, 15) is 9.59 Å². The standard InChI is InChI=1S/C23H25N3O3/c1-14(2)19-12-20-16(13-29-21(20)10-15(19)3)11-22(27)25-17-4-6-18(7-5-17)26-9-8-24-23(26)28/h4-7,10,12-14H,8-9,11H2,1-3H3,(H,24,28)(H,25,27). The third-order valence-corrected chi connectivity index (χ3v) is 5.33. The van der Waals surface area contributed by atoms with E-state index in [1.54, 1.807) is 11.2 Å². The first-order valence-corrected chi connectivity index (χ1v) is 9.88. The van der Waals surface area contributed by atoms with E-state index in [0.717, 1.165) is 22.2 Å². The quantitative estimate of drug-likeness (QED) is 0.669. The first-order valence-electron chi connectivity index (χ1n) is 9.88. The monoisotopic (exact) mass is 391 g/mol. The Hall–Kier alpha value is -3.28. The van der Waals surface area contributed by atoms with Crippen LogP contribution in [0.5, 0.6) is 0 Å². The predicted octanol–water partition coefficient (Wildman–Crippen LogP) is 4.58. The van der Waals surface area contributed by atoms with Crippen LogP contribution in [0, 0.1) is 6.92 Å². The highest BCUT2D eigenvalue weighted by Crippen LogP contribution is 2.29. The number of benzene rings is 2. The highest BCUT2D eigenvalue weighted by molar-refractivity contribution is 5.97. The van der Waals surface area contributed by atoms with Gasteiger partial charge >= 0.3 is 6.03 Å². The number of aryl methyl sites for hydroxylation is 1. The number of nitrogens with one attached hydrogen (secondary N) is 2. The number of anilines is 2. The number of amides is 3. The molecule has 0 spiro atoms. The molecule has 2 N–H and O–H groups in total. The summed E-state index contributed by atoms with van der Waals surface area (Å²) >= 11 is 0. The molecule has 0 radical (unpaired) electrons. The van der Waals surface area contributed by atoms with Gasteiger partial charge in [-0.05, 0) is 60.4 Å². The van der Waals surface area contributed by atoms with E-state index in [1.165, 1.54) is 11.1 Å². The van der Waals surface area contributed by atoms with Gasteiger partial charge in [-0.25, -0.2) is 4.79 Å². The second-order valence-electron chi connectivity index (χ2n) is 7.78. The molecule has 0 saturated carbocycles. The molecule has 1 aromatic heterocycles. The Kier molecular flexibility index (Phi) is 5.01. The average molecular weight is 391 g/mol. The number of nitrogens with zero attached hydrogens (tertiary/aromatic N) is 1. The van der Waals surface area contributed by atoms with Crippen LogP contribution in [0.25, 0.3) is 11.0 Å². The zero-order valence-corrected chi connectivity index (χ0v) is 16.9. The van der Waals surface area contributed by atoms with Crippen molar-refractivity contribution in [2.24, 2.45) is 0 Å². The van der Waals surface area contributed by atoms with Gasteiger partial charge in [0.05, 0.1) is 12.7 Å². The molecule has 0 bridgehead atoms. The third kappa shape index (κ3) is 3.83. The lowest BCUT2D eigenvalue weighted by Gasteiger charge is -2.14. The first kappa shape index (κ1) is 19.1. The minimum absolute atomic E-state index is 0.0929. The smallest absolute Gasteiger partial charge is 0.321 e. The van der Waals surface area contributed by atoms with Gasteiger partial charge in [0.25, 0.3) is 0 Å². The van der Waals surface area contributed by atoms with E-state index >= 15 is 0 Å². The second-order valence-corrected chi connectivity index (χ2v) is 7.78. The molecule has 6 nitrogen and oxygen atoms in total. The molecule has 1 fully saturated rings. The number of hydrogen-bond donors (Lipinski definition) is 2. The van der Waals surface area contributed by atoms with Crippen molar-refractivity contribution in [3.05, 3.63) is 59.4 Å². The summed E-state index contributed by atoms with van der Waals surface area (Å²) in [5.74, 6) is 0.304. The number of fused-ring (bicyclic) bond motifs is 1. The van der Waals surface area contributed by atoms with Crippen LogP contribution in [0.15, 0.2) is 47.1 Å². The Morgan fingerprint density at radius 2 is 2.00 bits per heavy atom. The van der Waals surface area contributed by atoms with Crippen LogP contribution in [-0.2, 0) is 11.2 Å². The van der Waals surface area contributed by atoms with Gasteiger partial charge < -0.3 is 15.1 Å². The fourth-order valence-corrected chi connectivity index (χ4v) is 3.82. The summed E-state index contributed by atoms with van der Waals surface area (Å²) in [6, 6.07) is 11.4. The Morgan fingerprint density at radius 1 is 1.24 bits per heavy atom. The zero-order valence-electron chi connectivity index (χ0n) is 16.9. The van der Waals surface area contributed by atoms with E-state index < -0.39 is 0 Å². The molecular formula is C23H25N3O3. The molecule has 4 rings (SSSR count). The van der Waals surface area contributed by atoms with Gasteiger partial charge in [-0.1, -0.05) is 13.8 Å². The molecular weight excluding hydrogens is 366 g/mol. The van der Waals surface area contributed by atoms with Crippen LogP contribution in [0.4, 0.5) is 16.2 Å². The predicted molar refractivity (Wildman–Crippen MR) is 115 cm³/mol. The summed E-state index contributed by atoms with van der Waals surface area (Å²) in [7, 11) is 0. The molecule has 1 aliphatic heterocycles. The lowest BCUT2D eigenvalue weighted by Crippen LogP contribution is -2.27. The molecule has 1 aliphatic rings. The summed E-state index contributed by atoms with van der Waals surface area (Å²) in [4.78, 5) is 26.0. The second kappa shape index (κ2) is 7.62. The zero-order chi connectivity index (χ0) is 20.5. The maximum atomic E-state index is 12.6. The lowest BCUT2D eigenvalue weighted by molar-refractivity contribution is -0.115. The van der Waals surface area contributed by atoms with Crippen molar-refractivity contribution >= 4 is 34.3 Å². The molecule has 2 aromatic carbocycles. The largest absolute Gasteiger partial charge is 0.464 e. The number of hydrogen-bond acceptors (Lipinski definition) is 3. The van der Waals surface area contributed by atoms with Gasteiger partial charge in [0.2, 0.25) is 5.91 Å². The van der Waals surface area contributed by atoms with Crippen molar-refractivity contribution in [1.29, 1.82) is 0 Å². The summed E-state index contributed by atoms with van der Waals surface area (Å²) in [6.07, 6.45) is 1.91. The Balaban J connectivity index is 1.47. The van der Waals surface area contributed by atoms with E-state index in [1.807, 2.05) is 30.3 Å². The minimum Gasteiger partial charge on any atom is -0.464 e. The molecule has 3 aromatic rings. The van der Waals surface area contributed by atoms with Gasteiger partial charge in [-0.3, -0.25) is 9.69 Å². The Morgan fingerprint density at radius 3 is 2.66 bits per heavy atom. The maximum Gasteiger partial charge on any atom is 0.321 e. The van der Waals surface area contributed by atoms with E-state index in [-0.39, 0.29) is 18.4 Å². The summed E-state index contributed by atoms with van der Waals surface area (Å²) in [6.45, 7) is 7.70. The maximum absolute atomic E-state index is 12.6.